The highest BCUT2D eigenvalue weighted by Crippen LogP contribution is 2.36. The maximum atomic E-state index is 6.30. The van der Waals surface area contributed by atoms with E-state index in [9.17, 15) is 0 Å². The lowest BCUT2D eigenvalue weighted by Crippen LogP contribution is -2.47. The monoisotopic (exact) mass is 480 g/mol. The molecule has 0 N–H and O–H groups in total. The summed E-state index contributed by atoms with van der Waals surface area (Å²) in [6.45, 7) is 0. The second-order valence-corrected chi connectivity index (χ2v) is 9.44. The van der Waals surface area contributed by atoms with E-state index in [0.29, 0.717) is 0 Å². The van der Waals surface area contributed by atoms with Gasteiger partial charge < -0.3 is 14.4 Å². The first-order valence-electron chi connectivity index (χ1n) is 12.5. The smallest absolute Gasteiger partial charge is 0.519 e. The maximum absolute atomic E-state index is 6.30. The Hall–Kier alpha value is -4.71. The number of benzene rings is 4. The zero-order valence-corrected chi connectivity index (χ0v) is 20.7. The number of nitrogens with zero attached hydrogens (tertiary/aromatic N) is 4. The fourth-order valence-electron chi connectivity index (χ4n) is 5.40. The minimum absolute atomic E-state index is 0.153. The number of para-hydroxylation sites is 3. The zero-order chi connectivity index (χ0) is 24.9. The van der Waals surface area contributed by atoms with Crippen LogP contribution in [0.15, 0.2) is 115 Å². The molecule has 5 nitrogen and oxygen atoms in total. The molecule has 1 aliphatic heterocycles. The topological polar surface area (TPSA) is 33.5 Å². The van der Waals surface area contributed by atoms with Crippen LogP contribution < -0.4 is 19.8 Å². The average molecular weight is 480 g/mol. The van der Waals surface area contributed by atoms with E-state index in [0.717, 1.165) is 45.1 Å². The van der Waals surface area contributed by atoms with Gasteiger partial charge in [0.05, 0.1) is 16.7 Å². The van der Waals surface area contributed by atoms with Gasteiger partial charge in [0.15, 0.2) is 0 Å². The minimum Gasteiger partial charge on any atom is -0.536 e. The molecule has 0 radical (unpaired) electrons. The third-order valence-corrected chi connectivity index (χ3v) is 7.30. The minimum atomic E-state index is -0.153. The van der Waals surface area contributed by atoms with Gasteiger partial charge in [-0.25, -0.2) is 4.98 Å². The van der Waals surface area contributed by atoms with Gasteiger partial charge in [0.25, 0.3) is 0 Å². The van der Waals surface area contributed by atoms with Crippen LogP contribution in [-0.4, -0.2) is 30.7 Å². The Kier molecular flexibility index (Phi) is 4.93. The second kappa shape index (κ2) is 8.45. The quantitative estimate of drug-likeness (QED) is 0.283. The average Bonchev–Trinajstić information content (AvgIpc) is 3.47. The summed E-state index contributed by atoms with van der Waals surface area (Å²) in [6.07, 6.45) is 1.85. The highest BCUT2D eigenvalue weighted by Gasteiger charge is 2.35. The molecule has 4 aromatic carbocycles. The summed E-state index contributed by atoms with van der Waals surface area (Å²) in [5.74, 6) is 1.83. The van der Waals surface area contributed by atoms with Crippen LogP contribution in [0.5, 0.6) is 5.75 Å². The van der Waals surface area contributed by atoms with Crippen LogP contribution >= 0.6 is 0 Å². The zero-order valence-electron chi connectivity index (χ0n) is 20.7. The second-order valence-electron chi connectivity index (χ2n) is 9.44. The van der Waals surface area contributed by atoms with Gasteiger partial charge in [-0.2, -0.15) is 0 Å². The highest BCUT2D eigenvalue weighted by atomic mass is 16.5. The molecule has 6 aromatic rings. The number of rotatable bonds is 4. The van der Waals surface area contributed by atoms with Gasteiger partial charge in [0, 0.05) is 35.4 Å². The van der Waals surface area contributed by atoms with Crippen molar-refractivity contribution in [1.82, 2.24) is 9.55 Å². The van der Waals surface area contributed by atoms with Crippen molar-refractivity contribution in [3.05, 3.63) is 115 Å². The molecular formula is C31H25BN4O. The van der Waals surface area contributed by atoms with Crippen LogP contribution in [0.25, 0.3) is 27.6 Å². The Labute approximate surface area is 216 Å². The summed E-state index contributed by atoms with van der Waals surface area (Å²) in [5.41, 5.74) is 6.72. The summed E-state index contributed by atoms with van der Waals surface area (Å²) in [6, 6.07) is 38.0. The Morgan fingerprint density at radius 3 is 2.38 bits per heavy atom. The van der Waals surface area contributed by atoms with Gasteiger partial charge in [-0.05, 0) is 67.1 Å². The summed E-state index contributed by atoms with van der Waals surface area (Å²) < 4.78 is 8.55. The van der Waals surface area contributed by atoms with Crippen molar-refractivity contribution in [2.75, 3.05) is 23.8 Å². The molecule has 0 aliphatic carbocycles. The Bertz CT molecular complexity index is 1760. The summed E-state index contributed by atoms with van der Waals surface area (Å²) in [5, 5.41) is 2.44. The first-order chi connectivity index (χ1) is 18.2. The van der Waals surface area contributed by atoms with E-state index < -0.39 is 0 Å². The third kappa shape index (κ3) is 3.44. The van der Waals surface area contributed by atoms with E-state index in [4.69, 9.17) is 4.65 Å². The molecule has 1 aliphatic rings. The molecule has 0 saturated heterocycles. The van der Waals surface area contributed by atoms with Crippen LogP contribution in [0.2, 0.25) is 0 Å². The molecule has 37 heavy (non-hydrogen) atoms. The van der Waals surface area contributed by atoms with Crippen LogP contribution in [0.3, 0.4) is 0 Å². The molecule has 0 amide bonds. The lowest BCUT2D eigenvalue weighted by atomic mass is 9.72. The number of hydrogen-bond acceptors (Lipinski definition) is 4. The lowest BCUT2D eigenvalue weighted by molar-refractivity contribution is 0.602. The van der Waals surface area contributed by atoms with Gasteiger partial charge in [-0.1, -0.05) is 54.6 Å². The molecule has 0 bridgehead atoms. The van der Waals surface area contributed by atoms with Crippen molar-refractivity contribution < 1.29 is 4.65 Å². The predicted molar refractivity (Wildman–Crippen MR) is 154 cm³/mol. The molecule has 7 rings (SSSR count). The molecule has 6 heteroatoms. The van der Waals surface area contributed by atoms with Crippen molar-refractivity contribution in [2.45, 2.75) is 0 Å². The number of anilines is 3. The molecule has 2 aromatic heterocycles. The Morgan fingerprint density at radius 2 is 1.51 bits per heavy atom. The Balaban J connectivity index is 1.30. The maximum Gasteiger partial charge on any atom is 0.519 e. The van der Waals surface area contributed by atoms with Crippen LogP contribution in [0.1, 0.15) is 0 Å². The summed E-state index contributed by atoms with van der Waals surface area (Å²) >= 11 is 0. The van der Waals surface area contributed by atoms with E-state index in [1.54, 1.807) is 0 Å². The van der Waals surface area contributed by atoms with Crippen LogP contribution in [0, 0.1) is 0 Å². The lowest BCUT2D eigenvalue weighted by Gasteiger charge is -2.22. The fraction of sp³-hybridized carbons (Fsp3) is 0.0645. The van der Waals surface area contributed by atoms with Crippen molar-refractivity contribution in [3.8, 4) is 11.6 Å². The SMILES string of the molecule is CN1B(c2cccc(N(C)c3ccc4c5ccccc5n(-c5ccccn5)c4c3)c2)Oc2ccccc21. The van der Waals surface area contributed by atoms with Crippen LogP contribution in [0.4, 0.5) is 17.1 Å². The highest BCUT2D eigenvalue weighted by molar-refractivity contribution is 6.73. The number of hydrogen-bond donors (Lipinski definition) is 0. The van der Waals surface area contributed by atoms with E-state index in [1.807, 2.05) is 36.5 Å². The van der Waals surface area contributed by atoms with Gasteiger partial charge in [0.1, 0.15) is 11.6 Å². The Morgan fingerprint density at radius 1 is 0.730 bits per heavy atom. The standard InChI is InChI=1S/C31H25BN4O/c1-34(23-11-9-10-22(20-23)32-35(2)28-14-5-6-15-30(28)37-32)24-17-18-26-25-12-3-4-13-27(25)36(29(26)21-24)31-16-7-8-19-33-31/h3-21H,1-2H3. The van der Waals surface area contributed by atoms with Crippen molar-refractivity contribution in [1.29, 1.82) is 0 Å². The molecule has 0 fully saturated rings. The molecule has 178 valence electrons. The number of pyridine rings is 1. The van der Waals surface area contributed by atoms with Gasteiger partial charge in [0.2, 0.25) is 0 Å². The molecular weight excluding hydrogens is 455 g/mol. The first kappa shape index (κ1) is 21.6. The van der Waals surface area contributed by atoms with E-state index >= 15 is 0 Å². The van der Waals surface area contributed by atoms with E-state index in [-0.39, 0.29) is 7.05 Å². The first-order valence-corrected chi connectivity index (χ1v) is 12.5. The van der Waals surface area contributed by atoms with E-state index in [2.05, 4.69) is 112 Å². The molecule has 0 atom stereocenters. The predicted octanol–water partition coefficient (Wildman–Crippen LogP) is 6.17. The summed E-state index contributed by atoms with van der Waals surface area (Å²) in [7, 11) is 4.04. The number of aromatic nitrogens is 2. The van der Waals surface area contributed by atoms with Crippen molar-refractivity contribution >= 4 is 51.4 Å². The number of fused-ring (bicyclic) bond motifs is 4. The fourth-order valence-corrected chi connectivity index (χ4v) is 5.40. The molecule has 0 saturated carbocycles. The van der Waals surface area contributed by atoms with E-state index in [1.165, 1.54) is 10.8 Å². The molecule has 0 unspecified atom stereocenters. The molecule has 3 heterocycles. The van der Waals surface area contributed by atoms with Crippen LogP contribution in [-0.2, 0) is 0 Å². The van der Waals surface area contributed by atoms with Gasteiger partial charge in [-0.3, -0.25) is 4.57 Å². The van der Waals surface area contributed by atoms with Crippen molar-refractivity contribution in [2.24, 2.45) is 0 Å². The van der Waals surface area contributed by atoms with Gasteiger partial charge >= 0.3 is 7.05 Å². The van der Waals surface area contributed by atoms with Gasteiger partial charge in [-0.15, -0.1) is 0 Å². The normalized spacial score (nSPS) is 12.7. The largest absolute Gasteiger partial charge is 0.536 e. The van der Waals surface area contributed by atoms with Crippen molar-refractivity contribution in [3.63, 3.8) is 0 Å². The third-order valence-electron chi connectivity index (χ3n) is 7.30. The summed E-state index contributed by atoms with van der Waals surface area (Å²) in [4.78, 5) is 9.08. The molecule has 0 spiro atoms.